The van der Waals surface area contributed by atoms with E-state index in [1.807, 2.05) is 19.1 Å². The van der Waals surface area contributed by atoms with Crippen molar-refractivity contribution in [2.45, 2.75) is 19.4 Å². The van der Waals surface area contributed by atoms with Crippen molar-refractivity contribution in [3.63, 3.8) is 0 Å². The minimum atomic E-state index is -1.35. The van der Waals surface area contributed by atoms with Gasteiger partial charge < -0.3 is 10.1 Å². The summed E-state index contributed by atoms with van der Waals surface area (Å²) in [6.07, 6.45) is 0.0789. The summed E-state index contributed by atoms with van der Waals surface area (Å²) in [5.74, 6) is -5.78. The molecule has 0 unspecified atom stereocenters. The van der Waals surface area contributed by atoms with Crippen LogP contribution >= 0.6 is 0 Å². The predicted molar refractivity (Wildman–Crippen MR) is 84.5 cm³/mol. The Bertz CT molecular complexity index is 785. The maximum absolute atomic E-state index is 13.7. The monoisotopic (exact) mass is 351 g/mol. The smallest absolute Gasteiger partial charge is 0.328 e. The van der Waals surface area contributed by atoms with Gasteiger partial charge in [-0.05, 0) is 18.1 Å². The van der Waals surface area contributed by atoms with Crippen LogP contribution in [-0.4, -0.2) is 25.0 Å². The van der Waals surface area contributed by atoms with Gasteiger partial charge in [0.05, 0.1) is 7.11 Å². The van der Waals surface area contributed by atoms with E-state index in [2.05, 4.69) is 10.1 Å². The van der Waals surface area contributed by atoms with E-state index in [1.54, 1.807) is 12.1 Å². The molecule has 0 aromatic heterocycles. The van der Waals surface area contributed by atoms with Gasteiger partial charge in [0.15, 0.2) is 0 Å². The molecule has 0 heterocycles. The molecule has 2 aromatic rings. The van der Waals surface area contributed by atoms with E-state index in [1.165, 1.54) is 0 Å². The summed E-state index contributed by atoms with van der Waals surface area (Å²) in [5, 5.41) is 2.24. The molecule has 0 spiro atoms. The third kappa shape index (κ3) is 4.37. The second kappa shape index (κ2) is 7.83. The second-order valence-electron chi connectivity index (χ2n) is 5.42. The number of benzene rings is 2. The zero-order chi connectivity index (χ0) is 18.6. The standard InChI is InChI=1S/C18H16F3NO3/c1-10-5-3-4-6-11(10)7-15(18(24)25-2)22-17(23)16-13(20)8-12(19)9-14(16)21/h3-6,8-9,15H,7H2,1-2H3,(H,22,23)/t15-/m1/s1. The van der Waals surface area contributed by atoms with Gasteiger partial charge >= 0.3 is 5.97 Å². The van der Waals surface area contributed by atoms with Crippen LogP contribution in [0.3, 0.4) is 0 Å². The molecule has 0 aliphatic carbocycles. The summed E-state index contributed by atoms with van der Waals surface area (Å²) in [7, 11) is 1.14. The minimum Gasteiger partial charge on any atom is -0.467 e. The largest absolute Gasteiger partial charge is 0.467 e. The summed E-state index contributed by atoms with van der Waals surface area (Å²) < 4.78 is 45.1. The van der Waals surface area contributed by atoms with Crippen molar-refractivity contribution in [2.24, 2.45) is 0 Å². The van der Waals surface area contributed by atoms with Crippen LogP contribution in [0.15, 0.2) is 36.4 Å². The molecule has 1 N–H and O–H groups in total. The number of aryl methyl sites for hydroxylation is 1. The molecular formula is C18H16F3NO3. The van der Waals surface area contributed by atoms with Crippen LogP contribution in [0.1, 0.15) is 21.5 Å². The van der Waals surface area contributed by atoms with E-state index in [0.717, 1.165) is 18.2 Å². The fourth-order valence-corrected chi connectivity index (χ4v) is 2.38. The SMILES string of the molecule is COC(=O)[C@@H](Cc1ccccc1C)NC(=O)c1c(F)cc(F)cc1F. The van der Waals surface area contributed by atoms with E-state index in [0.29, 0.717) is 12.1 Å². The molecule has 2 aromatic carbocycles. The maximum atomic E-state index is 13.7. The van der Waals surface area contributed by atoms with Crippen LogP contribution in [0.5, 0.6) is 0 Å². The van der Waals surface area contributed by atoms with Crippen molar-refractivity contribution in [3.8, 4) is 0 Å². The van der Waals surface area contributed by atoms with Gasteiger partial charge in [-0.3, -0.25) is 4.79 Å². The molecule has 2 rings (SSSR count). The number of nitrogens with one attached hydrogen (secondary N) is 1. The molecule has 7 heteroatoms. The summed E-state index contributed by atoms with van der Waals surface area (Å²) in [6.45, 7) is 1.82. The number of ether oxygens (including phenoxy) is 1. The van der Waals surface area contributed by atoms with E-state index in [4.69, 9.17) is 0 Å². The first-order valence-corrected chi connectivity index (χ1v) is 7.41. The second-order valence-corrected chi connectivity index (χ2v) is 5.42. The fraction of sp³-hybridized carbons (Fsp3) is 0.222. The Morgan fingerprint density at radius 2 is 1.72 bits per heavy atom. The summed E-state index contributed by atoms with van der Waals surface area (Å²) in [5.41, 5.74) is 0.683. The Labute approximate surface area is 142 Å². The lowest BCUT2D eigenvalue weighted by atomic mass is 10.0. The average Bonchev–Trinajstić information content (AvgIpc) is 2.54. The molecule has 0 bridgehead atoms. The lowest BCUT2D eigenvalue weighted by Gasteiger charge is -2.18. The van der Waals surface area contributed by atoms with Gasteiger partial charge in [0.1, 0.15) is 29.1 Å². The van der Waals surface area contributed by atoms with Gasteiger partial charge in [0.25, 0.3) is 5.91 Å². The van der Waals surface area contributed by atoms with E-state index in [-0.39, 0.29) is 6.42 Å². The number of hydrogen-bond donors (Lipinski definition) is 1. The molecule has 0 radical (unpaired) electrons. The maximum Gasteiger partial charge on any atom is 0.328 e. The van der Waals surface area contributed by atoms with E-state index >= 15 is 0 Å². The van der Waals surface area contributed by atoms with E-state index in [9.17, 15) is 22.8 Å². The number of esters is 1. The van der Waals surface area contributed by atoms with Crippen LogP contribution in [0, 0.1) is 24.4 Å². The fourth-order valence-electron chi connectivity index (χ4n) is 2.38. The Hall–Kier alpha value is -2.83. The van der Waals surface area contributed by atoms with Crippen LogP contribution in [-0.2, 0) is 16.0 Å². The summed E-state index contributed by atoms with van der Waals surface area (Å²) in [4.78, 5) is 24.1. The third-order valence-electron chi connectivity index (χ3n) is 3.71. The molecule has 0 aliphatic heterocycles. The molecule has 25 heavy (non-hydrogen) atoms. The van der Waals surface area contributed by atoms with Crippen molar-refractivity contribution < 1.29 is 27.5 Å². The van der Waals surface area contributed by atoms with Gasteiger partial charge in [-0.1, -0.05) is 24.3 Å². The molecule has 0 saturated heterocycles. The highest BCUT2D eigenvalue weighted by molar-refractivity contribution is 5.97. The molecular weight excluding hydrogens is 335 g/mol. The van der Waals surface area contributed by atoms with Crippen LogP contribution in [0.4, 0.5) is 13.2 Å². The highest BCUT2D eigenvalue weighted by Gasteiger charge is 2.26. The van der Waals surface area contributed by atoms with Crippen LogP contribution in [0.25, 0.3) is 0 Å². The Morgan fingerprint density at radius 3 is 2.28 bits per heavy atom. The zero-order valence-corrected chi connectivity index (χ0v) is 13.6. The van der Waals surface area contributed by atoms with Crippen molar-refractivity contribution in [1.82, 2.24) is 5.32 Å². The number of carbonyl (C=O) groups excluding carboxylic acids is 2. The molecule has 0 saturated carbocycles. The van der Waals surface area contributed by atoms with Gasteiger partial charge in [-0.2, -0.15) is 0 Å². The van der Waals surface area contributed by atoms with Gasteiger partial charge in [0.2, 0.25) is 0 Å². The lowest BCUT2D eigenvalue weighted by Crippen LogP contribution is -2.43. The number of halogens is 3. The average molecular weight is 351 g/mol. The van der Waals surface area contributed by atoms with Crippen molar-refractivity contribution in [3.05, 3.63) is 70.5 Å². The van der Waals surface area contributed by atoms with Crippen molar-refractivity contribution >= 4 is 11.9 Å². The topological polar surface area (TPSA) is 55.4 Å². The molecule has 0 aliphatic rings. The summed E-state index contributed by atoms with van der Waals surface area (Å²) in [6, 6.07) is 6.80. The Kier molecular flexibility index (Phi) is 5.80. The molecule has 1 amide bonds. The van der Waals surface area contributed by atoms with Gasteiger partial charge in [0, 0.05) is 18.6 Å². The number of amides is 1. The highest BCUT2D eigenvalue weighted by Crippen LogP contribution is 2.16. The number of methoxy groups -OCH3 is 1. The van der Waals surface area contributed by atoms with E-state index < -0.39 is 40.9 Å². The normalized spacial score (nSPS) is 11.7. The zero-order valence-electron chi connectivity index (χ0n) is 13.6. The Balaban J connectivity index is 2.27. The quantitative estimate of drug-likeness (QED) is 0.843. The number of hydrogen-bond acceptors (Lipinski definition) is 3. The predicted octanol–water partition coefficient (Wildman–Crippen LogP) is 2.93. The molecule has 4 nitrogen and oxygen atoms in total. The molecule has 132 valence electrons. The van der Waals surface area contributed by atoms with Crippen LogP contribution < -0.4 is 5.32 Å². The van der Waals surface area contributed by atoms with Crippen molar-refractivity contribution in [2.75, 3.05) is 7.11 Å². The highest BCUT2D eigenvalue weighted by atomic mass is 19.1. The summed E-state index contributed by atoms with van der Waals surface area (Å²) >= 11 is 0. The number of rotatable bonds is 5. The van der Waals surface area contributed by atoms with Gasteiger partial charge in [-0.25, -0.2) is 18.0 Å². The number of carbonyl (C=O) groups is 2. The first kappa shape index (κ1) is 18.5. The van der Waals surface area contributed by atoms with Crippen LogP contribution in [0.2, 0.25) is 0 Å². The first-order chi connectivity index (χ1) is 11.8. The first-order valence-electron chi connectivity index (χ1n) is 7.41. The minimum absolute atomic E-state index is 0.0789. The lowest BCUT2D eigenvalue weighted by molar-refractivity contribution is -0.142. The Morgan fingerprint density at radius 1 is 1.12 bits per heavy atom. The third-order valence-corrected chi connectivity index (χ3v) is 3.71. The van der Waals surface area contributed by atoms with Crippen molar-refractivity contribution in [1.29, 1.82) is 0 Å². The molecule has 0 fully saturated rings. The van der Waals surface area contributed by atoms with Gasteiger partial charge in [-0.15, -0.1) is 0 Å². The molecule has 1 atom stereocenters.